The van der Waals surface area contributed by atoms with E-state index in [1.54, 1.807) is 31.3 Å². The second kappa shape index (κ2) is 7.92. The van der Waals surface area contributed by atoms with Crippen LogP contribution in [0.5, 0.6) is 11.5 Å². The van der Waals surface area contributed by atoms with Crippen LogP contribution in [0.25, 0.3) is 15.9 Å². The topological polar surface area (TPSA) is 77.1 Å². The van der Waals surface area contributed by atoms with Crippen molar-refractivity contribution in [3.63, 3.8) is 0 Å². The van der Waals surface area contributed by atoms with Crippen LogP contribution in [-0.2, 0) is 13.6 Å². The molecule has 34 heavy (non-hydrogen) atoms. The molecule has 11 heteroatoms. The number of fused-ring (bicyclic) bond motifs is 2. The van der Waals surface area contributed by atoms with Gasteiger partial charge in [-0.25, -0.2) is 4.79 Å². The Morgan fingerprint density at radius 1 is 1.12 bits per heavy atom. The van der Waals surface area contributed by atoms with E-state index in [2.05, 4.69) is 36.1 Å². The van der Waals surface area contributed by atoms with Crippen LogP contribution in [0, 0.1) is 6.57 Å². The first-order chi connectivity index (χ1) is 16.1. The SMILES string of the molecule is [C-]#[N+]c1ccc2c(n1)c(N1C[C@@H](C)N(Cc3ccc4c(c3)OC(F)(F)O4)C[C@@H]1C)nc(=O)n2C. The Bertz CT molecular complexity index is 1390. The van der Waals surface area contributed by atoms with Gasteiger partial charge in [0.05, 0.1) is 5.52 Å². The van der Waals surface area contributed by atoms with Crippen molar-refractivity contribution in [1.29, 1.82) is 0 Å². The summed E-state index contributed by atoms with van der Waals surface area (Å²) in [6, 6.07) is 8.17. The van der Waals surface area contributed by atoms with Gasteiger partial charge in [0.1, 0.15) is 0 Å². The Labute approximate surface area is 194 Å². The van der Waals surface area contributed by atoms with Crippen LogP contribution >= 0.6 is 0 Å². The summed E-state index contributed by atoms with van der Waals surface area (Å²) in [6.07, 6.45) is -3.64. The molecule has 3 aromatic rings. The number of pyridine rings is 1. The monoisotopic (exact) mass is 468 g/mol. The van der Waals surface area contributed by atoms with Gasteiger partial charge in [0.15, 0.2) is 17.3 Å². The van der Waals surface area contributed by atoms with E-state index in [0.717, 1.165) is 5.56 Å². The van der Waals surface area contributed by atoms with Gasteiger partial charge in [0.25, 0.3) is 5.82 Å². The average Bonchev–Trinajstić information content (AvgIpc) is 3.11. The Morgan fingerprint density at radius 3 is 2.65 bits per heavy atom. The Kier molecular flexibility index (Phi) is 5.13. The van der Waals surface area contributed by atoms with Crippen LogP contribution < -0.4 is 20.1 Å². The summed E-state index contributed by atoms with van der Waals surface area (Å²) in [4.78, 5) is 29.0. The molecule has 1 fully saturated rings. The second-order valence-corrected chi connectivity index (χ2v) is 8.65. The number of anilines is 1. The molecular formula is C23H22F2N6O3. The van der Waals surface area contributed by atoms with E-state index in [4.69, 9.17) is 6.57 Å². The number of piperazine rings is 1. The van der Waals surface area contributed by atoms with Crippen molar-refractivity contribution in [2.45, 2.75) is 38.8 Å². The molecule has 1 aromatic carbocycles. The predicted molar refractivity (Wildman–Crippen MR) is 120 cm³/mol. The molecule has 0 bridgehead atoms. The summed E-state index contributed by atoms with van der Waals surface area (Å²) in [5, 5.41) is 0. The number of hydrogen-bond donors (Lipinski definition) is 0. The van der Waals surface area contributed by atoms with E-state index in [1.807, 2.05) is 11.8 Å². The molecule has 5 rings (SSSR count). The van der Waals surface area contributed by atoms with Gasteiger partial charge in [0, 0.05) is 38.8 Å². The minimum Gasteiger partial charge on any atom is -0.395 e. The lowest BCUT2D eigenvalue weighted by molar-refractivity contribution is -0.286. The molecule has 2 aliphatic heterocycles. The third-order valence-corrected chi connectivity index (χ3v) is 6.27. The zero-order valence-electron chi connectivity index (χ0n) is 18.8. The maximum atomic E-state index is 13.3. The molecule has 0 amide bonds. The zero-order chi connectivity index (χ0) is 24.2. The van der Waals surface area contributed by atoms with E-state index in [0.29, 0.717) is 36.5 Å². The molecule has 0 spiro atoms. The van der Waals surface area contributed by atoms with Crippen LogP contribution in [0.15, 0.2) is 35.1 Å². The molecule has 9 nitrogen and oxygen atoms in total. The van der Waals surface area contributed by atoms with Gasteiger partial charge in [-0.05, 0) is 43.7 Å². The number of alkyl halides is 2. The lowest BCUT2D eigenvalue weighted by Gasteiger charge is -2.44. The summed E-state index contributed by atoms with van der Waals surface area (Å²) in [5.41, 5.74) is 1.56. The van der Waals surface area contributed by atoms with Crippen LogP contribution in [-0.4, -0.2) is 50.9 Å². The summed E-state index contributed by atoms with van der Waals surface area (Å²) < 4.78 is 37.2. The lowest BCUT2D eigenvalue weighted by Crippen LogP contribution is -2.56. The van der Waals surface area contributed by atoms with Crippen molar-refractivity contribution >= 4 is 22.7 Å². The smallest absolute Gasteiger partial charge is 0.395 e. The number of ether oxygens (including phenoxy) is 2. The van der Waals surface area contributed by atoms with Gasteiger partial charge in [-0.3, -0.25) is 9.47 Å². The first-order valence-corrected chi connectivity index (χ1v) is 10.8. The van der Waals surface area contributed by atoms with Gasteiger partial charge >= 0.3 is 12.0 Å². The minimum absolute atomic E-state index is 0.0178. The highest BCUT2D eigenvalue weighted by Crippen LogP contribution is 2.41. The number of hydrogen-bond acceptors (Lipinski definition) is 7. The lowest BCUT2D eigenvalue weighted by atomic mass is 10.1. The van der Waals surface area contributed by atoms with Crippen LogP contribution in [0.3, 0.4) is 0 Å². The molecule has 0 aliphatic carbocycles. The van der Waals surface area contributed by atoms with Crippen molar-refractivity contribution in [2.75, 3.05) is 18.0 Å². The van der Waals surface area contributed by atoms with E-state index in [-0.39, 0.29) is 35.1 Å². The Morgan fingerprint density at radius 2 is 1.88 bits per heavy atom. The fraction of sp³-hybridized carbons (Fsp3) is 0.391. The molecule has 0 unspecified atom stereocenters. The van der Waals surface area contributed by atoms with Crippen molar-refractivity contribution in [3.8, 4) is 11.5 Å². The number of rotatable bonds is 3. The van der Waals surface area contributed by atoms with Crippen molar-refractivity contribution in [1.82, 2.24) is 19.4 Å². The number of aromatic nitrogens is 3. The van der Waals surface area contributed by atoms with Crippen molar-refractivity contribution < 1.29 is 18.3 Å². The number of nitrogens with zero attached hydrogens (tertiary/aromatic N) is 6. The van der Waals surface area contributed by atoms with Gasteiger partial charge in [0.2, 0.25) is 5.52 Å². The predicted octanol–water partition coefficient (Wildman–Crippen LogP) is 3.30. The fourth-order valence-corrected chi connectivity index (χ4v) is 4.50. The molecule has 0 saturated carbocycles. The third kappa shape index (κ3) is 3.80. The first kappa shape index (κ1) is 22.0. The van der Waals surface area contributed by atoms with Gasteiger partial charge in [-0.1, -0.05) is 12.6 Å². The van der Waals surface area contributed by atoms with Crippen LogP contribution in [0.1, 0.15) is 19.4 Å². The van der Waals surface area contributed by atoms with Crippen LogP contribution in [0.4, 0.5) is 20.4 Å². The molecule has 4 heterocycles. The molecule has 176 valence electrons. The summed E-state index contributed by atoms with van der Waals surface area (Å²) in [5.74, 6) is 0.754. The maximum Gasteiger partial charge on any atom is 0.586 e. The molecule has 0 radical (unpaired) electrons. The Hall–Kier alpha value is -3.78. The van der Waals surface area contributed by atoms with Gasteiger partial charge < -0.3 is 19.2 Å². The number of benzene rings is 1. The highest BCUT2D eigenvalue weighted by Gasteiger charge is 2.43. The fourth-order valence-electron chi connectivity index (χ4n) is 4.50. The highest BCUT2D eigenvalue weighted by molar-refractivity contribution is 5.87. The molecule has 2 aliphatic rings. The maximum absolute atomic E-state index is 13.3. The standard InChI is InChI=1S/C23H22F2N6O3/c1-13-11-31(21-20-16(29(4)22(32)28-21)6-8-19(26-3)27-20)14(2)10-30(13)12-15-5-7-17-18(9-15)34-23(24,25)33-17/h5-9,13-14H,10-12H2,1-2,4H3/t13-,14+/m1/s1. The van der Waals surface area contributed by atoms with E-state index in [1.165, 1.54) is 10.6 Å². The van der Waals surface area contributed by atoms with Crippen molar-refractivity contribution in [3.05, 3.63) is 57.8 Å². The third-order valence-electron chi connectivity index (χ3n) is 6.27. The normalized spacial score (nSPS) is 21.6. The number of halogens is 2. The quantitative estimate of drug-likeness (QED) is 0.546. The van der Waals surface area contributed by atoms with Gasteiger partial charge in [-0.2, -0.15) is 4.98 Å². The molecule has 2 atom stereocenters. The van der Waals surface area contributed by atoms with E-state index < -0.39 is 6.29 Å². The minimum atomic E-state index is -3.64. The van der Waals surface area contributed by atoms with Gasteiger partial charge in [-0.15, -0.1) is 13.8 Å². The van der Waals surface area contributed by atoms with E-state index >= 15 is 0 Å². The highest BCUT2D eigenvalue weighted by atomic mass is 19.3. The summed E-state index contributed by atoms with van der Waals surface area (Å²) in [6.45, 7) is 13.1. The largest absolute Gasteiger partial charge is 0.586 e. The molecule has 2 aromatic heterocycles. The Balaban J connectivity index is 1.41. The molecular weight excluding hydrogens is 446 g/mol. The molecule has 1 saturated heterocycles. The number of aryl methyl sites for hydroxylation is 1. The average molecular weight is 468 g/mol. The summed E-state index contributed by atoms with van der Waals surface area (Å²) >= 11 is 0. The zero-order valence-corrected chi connectivity index (χ0v) is 18.8. The van der Waals surface area contributed by atoms with Crippen molar-refractivity contribution in [2.24, 2.45) is 7.05 Å². The molecule has 0 N–H and O–H groups in total. The van der Waals surface area contributed by atoms with E-state index in [9.17, 15) is 13.6 Å². The van der Waals surface area contributed by atoms with Crippen LogP contribution in [0.2, 0.25) is 0 Å². The first-order valence-electron chi connectivity index (χ1n) is 10.8. The second-order valence-electron chi connectivity index (χ2n) is 8.65. The summed E-state index contributed by atoms with van der Waals surface area (Å²) in [7, 11) is 1.63.